The number of nitrogens with one attached hydrogen (secondary N) is 1. The zero-order chi connectivity index (χ0) is 21.2. The summed E-state index contributed by atoms with van der Waals surface area (Å²) >= 11 is 5.94. The van der Waals surface area contributed by atoms with Gasteiger partial charge in [0, 0.05) is 18.6 Å². The molecule has 0 saturated carbocycles. The van der Waals surface area contributed by atoms with Crippen molar-refractivity contribution < 1.29 is 18.0 Å². The lowest BCUT2D eigenvalue weighted by Gasteiger charge is -2.31. The van der Waals surface area contributed by atoms with Crippen LogP contribution in [0.15, 0.2) is 48.5 Å². The fourth-order valence-corrected chi connectivity index (χ4v) is 4.22. The van der Waals surface area contributed by atoms with Crippen LogP contribution in [0.2, 0.25) is 5.02 Å². The van der Waals surface area contributed by atoms with E-state index in [-0.39, 0.29) is 11.6 Å². The van der Waals surface area contributed by atoms with Crippen LogP contribution in [0.5, 0.6) is 0 Å². The van der Waals surface area contributed by atoms with Crippen LogP contribution in [-0.2, 0) is 6.18 Å². The summed E-state index contributed by atoms with van der Waals surface area (Å²) in [5, 5.41) is 2.33. The summed E-state index contributed by atoms with van der Waals surface area (Å²) in [5.74, 6) is -0.616. The van der Waals surface area contributed by atoms with E-state index in [1.54, 1.807) is 0 Å². The van der Waals surface area contributed by atoms with Gasteiger partial charge in [-0.25, -0.2) is 0 Å². The van der Waals surface area contributed by atoms with Crippen molar-refractivity contribution >= 4 is 17.5 Å². The number of rotatable bonds is 5. The number of halogens is 4. The van der Waals surface area contributed by atoms with Gasteiger partial charge in [0.25, 0.3) is 5.91 Å². The first-order valence-electron chi connectivity index (χ1n) is 9.65. The van der Waals surface area contributed by atoms with E-state index in [0.717, 1.165) is 24.5 Å². The average Bonchev–Trinajstić information content (AvgIpc) is 2.99. The second-order valence-corrected chi connectivity index (χ2v) is 7.95. The van der Waals surface area contributed by atoms with E-state index in [4.69, 9.17) is 11.6 Å². The maximum absolute atomic E-state index is 13.2. The van der Waals surface area contributed by atoms with E-state index in [1.807, 2.05) is 30.3 Å². The number of nitrogens with zero attached hydrogens (tertiary/aromatic N) is 1. The monoisotopic (exact) mass is 424 g/mol. The lowest BCUT2D eigenvalue weighted by atomic mass is 10.0. The van der Waals surface area contributed by atoms with E-state index in [2.05, 4.69) is 24.1 Å². The first-order valence-corrected chi connectivity index (χ1v) is 10.0. The van der Waals surface area contributed by atoms with Gasteiger partial charge in [-0.05, 0) is 44.4 Å². The van der Waals surface area contributed by atoms with Crippen LogP contribution in [0.4, 0.5) is 13.2 Å². The van der Waals surface area contributed by atoms with E-state index in [0.29, 0.717) is 18.6 Å². The van der Waals surface area contributed by atoms with Gasteiger partial charge in [-0.3, -0.25) is 9.69 Å². The number of benzene rings is 2. The molecule has 2 aromatic rings. The van der Waals surface area contributed by atoms with Crippen molar-refractivity contribution in [1.29, 1.82) is 0 Å². The number of hydrogen-bond donors (Lipinski definition) is 1. The summed E-state index contributed by atoms with van der Waals surface area (Å²) in [6.45, 7) is 4.88. The first kappa shape index (κ1) is 21.7. The van der Waals surface area contributed by atoms with Gasteiger partial charge < -0.3 is 5.32 Å². The Kier molecular flexibility index (Phi) is 6.54. The van der Waals surface area contributed by atoms with E-state index in [9.17, 15) is 18.0 Å². The average molecular weight is 425 g/mol. The summed E-state index contributed by atoms with van der Waals surface area (Å²) in [5.41, 5.74) is -0.287. The molecule has 1 aliphatic heterocycles. The number of alkyl halides is 3. The maximum atomic E-state index is 13.2. The Labute approximate surface area is 173 Å². The van der Waals surface area contributed by atoms with Gasteiger partial charge >= 0.3 is 6.18 Å². The van der Waals surface area contributed by atoms with Gasteiger partial charge in [0.2, 0.25) is 0 Å². The second-order valence-electron chi connectivity index (χ2n) is 7.57. The summed E-state index contributed by atoms with van der Waals surface area (Å²) in [7, 11) is 0. The summed E-state index contributed by atoms with van der Waals surface area (Å²) in [6.07, 6.45) is -2.46. The van der Waals surface area contributed by atoms with Crippen molar-refractivity contribution in [2.75, 3.05) is 6.54 Å². The van der Waals surface area contributed by atoms with Crippen molar-refractivity contribution in [1.82, 2.24) is 10.2 Å². The van der Waals surface area contributed by atoms with Gasteiger partial charge in [-0.2, -0.15) is 13.2 Å². The zero-order valence-electron chi connectivity index (χ0n) is 16.3. The molecule has 0 spiro atoms. The number of likely N-dealkylation sites (tertiary alicyclic amines) is 1. The van der Waals surface area contributed by atoms with Gasteiger partial charge in [0.05, 0.1) is 22.2 Å². The van der Waals surface area contributed by atoms with Crippen LogP contribution in [0.1, 0.15) is 54.2 Å². The highest BCUT2D eigenvalue weighted by Crippen LogP contribution is 2.36. The van der Waals surface area contributed by atoms with Gasteiger partial charge in [0.15, 0.2) is 0 Å². The Morgan fingerprint density at radius 3 is 2.31 bits per heavy atom. The zero-order valence-corrected chi connectivity index (χ0v) is 17.1. The minimum absolute atomic E-state index is 0.176. The predicted molar refractivity (Wildman–Crippen MR) is 108 cm³/mol. The Balaban J connectivity index is 1.87. The lowest BCUT2D eigenvalue weighted by Crippen LogP contribution is -2.42. The summed E-state index contributed by atoms with van der Waals surface area (Å²) < 4.78 is 39.5. The van der Waals surface area contributed by atoms with Crippen LogP contribution < -0.4 is 5.32 Å². The third kappa shape index (κ3) is 4.93. The summed E-state index contributed by atoms with van der Waals surface area (Å²) in [4.78, 5) is 15.2. The molecule has 1 saturated heterocycles. The Morgan fingerprint density at radius 1 is 1.10 bits per heavy atom. The first-order chi connectivity index (χ1) is 13.7. The molecule has 3 rings (SSSR count). The fourth-order valence-electron chi connectivity index (χ4n) is 3.90. The molecule has 156 valence electrons. The van der Waals surface area contributed by atoms with Crippen molar-refractivity contribution in [3.63, 3.8) is 0 Å². The van der Waals surface area contributed by atoms with Gasteiger partial charge in [-0.1, -0.05) is 48.0 Å². The molecule has 2 aromatic carbocycles. The summed E-state index contributed by atoms with van der Waals surface area (Å²) in [6, 6.07) is 13.2. The molecule has 0 aromatic heterocycles. The van der Waals surface area contributed by atoms with Gasteiger partial charge in [0.1, 0.15) is 0 Å². The SMILES string of the molecule is C[C@@H]1CC[C@H](C)N1C[C@@H](NC(=O)c1cccc(C(F)(F)F)c1Cl)c1ccccc1. The molecule has 1 aliphatic rings. The van der Waals surface area contributed by atoms with Crippen molar-refractivity contribution in [3.8, 4) is 0 Å². The molecule has 1 N–H and O–H groups in total. The largest absolute Gasteiger partial charge is 0.417 e. The maximum Gasteiger partial charge on any atom is 0.417 e. The molecule has 7 heteroatoms. The highest BCUT2D eigenvalue weighted by atomic mass is 35.5. The molecule has 0 bridgehead atoms. The third-order valence-corrected chi connectivity index (χ3v) is 5.99. The molecule has 1 fully saturated rings. The van der Waals surface area contributed by atoms with Crippen LogP contribution >= 0.6 is 11.6 Å². The molecule has 1 amide bonds. The Bertz CT molecular complexity index is 847. The highest BCUT2D eigenvalue weighted by molar-refractivity contribution is 6.34. The molecular formula is C22H24ClF3N2O. The standard InChI is InChI=1S/C22H24ClF3N2O/c1-14-11-12-15(2)28(14)13-19(16-7-4-3-5-8-16)27-21(29)17-9-6-10-18(20(17)23)22(24,25)26/h3-10,14-15,19H,11-13H2,1-2H3,(H,27,29)/t14-,15+,19-/m1/s1. The number of carbonyl (C=O) groups is 1. The predicted octanol–water partition coefficient (Wildman–Crippen LogP) is 5.70. The smallest absolute Gasteiger partial charge is 0.344 e. The molecule has 29 heavy (non-hydrogen) atoms. The second kappa shape index (κ2) is 8.76. The third-order valence-electron chi connectivity index (χ3n) is 5.58. The number of carbonyl (C=O) groups excluding carboxylic acids is 1. The molecular weight excluding hydrogens is 401 g/mol. The highest BCUT2D eigenvalue weighted by Gasteiger charge is 2.35. The van der Waals surface area contributed by atoms with Crippen molar-refractivity contribution in [3.05, 3.63) is 70.2 Å². The molecule has 1 heterocycles. The Hall–Kier alpha value is -2.05. The number of hydrogen-bond acceptors (Lipinski definition) is 2. The molecule has 3 nitrogen and oxygen atoms in total. The minimum Gasteiger partial charge on any atom is -0.344 e. The number of amides is 1. The molecule has 0 unspecified atom stereocenters. The van der Waals surface area contributed by atoms with Gasteiger partial charge in [-0.15, -0.1) is 0 Å². The van der Waals surface area contributed by atoms with E-state index < -0.39 is 22.7 Å². The molecule has 0 aliphatic carbocycles. The quantitative estimate of drug-likeness (QED) is 0.667. The Morgan fingerprint density at radius 2 is 1.72 bits per heavy atom. The van der Waals surface area contributed by atoms with E-state index in [1.165, 1.54) is 12.1 Å². The van der Waals surface area contributed by atoms with Crippen LogP contribution in [0.25, 0.3) is 0 Å². The normalized spacial score (nSPS) is 21.2. The van der Waals surface area contributed by atoms with Crippen molar-refractivity contribution in [2.45, 2.75) is 51.0 Å². The molecule has 3 atom stereocenters. The fraction of sp³-hybridized carbons (Fsp3) is 0.409. The molecule has 0 radical (unpaired) electrons. The van der Waals surface area contributed by atoms with E-state index >= 15 is 0 Å². The minimum atomic E-state index is -4.62. The van der Waals surface area contributed by atoms with Crippen molar-refractivity contribution in [2.24, 2.45) is 0 Å². The van der Waals surface area contributed by atoms with Crippen LogP contribution in [0, 0.1) is 0 Å². The van der Waals surface area contributed by atoms with Crippen LogP contribution in [-0.4, -0.2) is 29.4 Å². The lowest BCUT2D eigenvalue weighted by molar-refractivity contribution is -0.137. The topological polar surface area (TPSA) is 32.3 Å². The van der Waals surface area contributed by atoms with Crippen LogP contribution in [0.3, 0.4) is 0 Å².